The molecule has 1 fully saturated rings. The molecule has 2 unspecified atom stereocenters. The van der Waals surface area contributed by atoms with Crippen molar-refractivity contribution in [2.75, 3.05) is 20.3 Å². The number of amides is 1. The number of benzene rings is 1. The average molecular weight is 290 g/mol. The van der Waals surface area contributed by atoms with Gasteiger partial charge in [0.2, 0.25) is 5.91 Å². The summed E-state index contributed by atoms with van der Waals surface area (Å²) in [6, 6.07) is 9.81. The molecule has 0 bridgehead atoms. The molecular formula is C17H26N2O2. The number of carbonyl (C=O) groups is 1. The van der Waals surface area contributed by atoms with Gasteiger partial charge in [-0.15, -0.1) is 0 Å². The molecule has 1 amide bonds. The molecule has 1 aliphatic rings. The molecule has 1 aromatic rings. The maximum atomic E-state index is 12.7. The summed E-state index contributed by atoms with van der Waals surface area (Å²) in [5.74, 6) is 0.206. The van der Waals surface area contributed by atoms with E-state index in [0.29, 0.717) is 0 Å². The maximum absolute atomic E-state index is 12.7. The molecule has 0 aliphatic carbocycles. The number of nitrogens with zero attached hydrogens (tertiary/aromatic N) is 1. The molecule has 0 radical (unpaired) electrons. The monoisotopic (exact) mass is 290 g/mol. The zero-order valence-corrected chi connectivity index (χ0v) is 13.0. The van der Waals surface area contributed by atoms with Crippen LogP contribution in [0.25, 0.3) is 0 Å². The molecule has 2 rings (SSSR count). The van der Waals surface area contributed by atoms with E-state index < -0.39 is 0 Å². The van der Waals surface area contributed by atoms with Crippen molar-refractivity contribution < 1.29 is 9.53 Å². The lowest BCUT2D eigenvalue weighted by Gasteiger charge is -2.23. The third-order valence-electron chi connectivity index (χ3n) is 3.96. The van der Waals surface area contributed by atoms with Crippen LogP contribution in [0.4, 0.5) is 0 Å². The third-order valence-corrected chi connectivity index (χ3v) is 3.96. The minimum atomic E-state index is -0.190. The van der Waals surface area contributed by atoms with Crippen molar-refractivity contribution in [1.82, 2.24) is 10.2 Å². The molecule has 0 spiro atoms. The molecule has 0 aromatic heterocycles. The Balaban J connectivity index is 2.02. The van der Waals surface area contributed by atoms with Gasteiger partial charge < -0.3 is 9.64 Å². The summed E-state index contributed by atoms with van der Waals surface area (Å²) in [7, 11) is 1.72. The van der Waals surface area contributed by atoms with Crippen LogP contribution in [0.3, 0.4) is 0 Å². The first-order valence-corrected chi connectivity index (χ1v) is 7.88. The lowest BCUT2D eigenvalue weighted by molar-refractivity contribution is -0.130. The fourth-order valence-electron chi connectivity index (χ4n) is 2.86. The van der Waals surface area contributed by atoms with Crippen molar-refractivity contribution in [3.05, 3.63) is 35.9 Å². The molecule has 21 heavy (non-hydrogen) atoms. The minimum Gasteiger partial charge on any atom is -0.385 e. The van der Waals surface area contributed by atoms with Gasteiger partial charge in [0.15, 0.2) is 0 Å². The van der Waals surface area contributed by atoms with Crippen LogP contribution >= 0.6 is 0 Å². The second-order valence-corrected chi connectivity index (χ2v) is 5.55. The van der Waals surface area contributed by atoms with Crippen molar-refractivity contribution in [1.29, 1.82) is 0 Å². The summed E-state index contributed by atoms with van der Waals surface area (Å²) < 4.78 is 5.08. The van der Waals surface area contributed by atoms with Crippen LogP contribution in [0, 0.1) is 0 Å². The maximum Gasteiger partial charge on any atom is 0.245 e. The van der Waals surface area contributed by atoms with Gasteiger partial charge in [-0.2, -0.15) is 0 Å². The van der Waals surface area contributed by atoms with Gasteiger partial charge in [-0.3, -0.25) is 10.1 Å². The standard InChI is InChI=1S/C17H26N2O2/c1-3-9-15-18-16(14-10-5-4-6-11-14)17(20)19(15)12-7-8-13-21-2/h4-6,10-11,15-16,18H,3,7-9,12-13H2,1-2H3. The Kier molecular flexibility index (Phi) is 6.21. The van der Waals surface area contributed by atoms with Crippen molar-refractivity contribution >= 4 is 5.91 Å². The second kappa shape index (κ2) is 8.15. The Hall–Kier alpha value is -1.39. The Morgan fingerprint density at radius 2 is 2.00 bits per heavy atom. The van der Waals surface area contributed by atoms with E-state index in [-0.39, 0.29) is 18.1 Å². The molecule has 0 saturated carbocycles. The van der Waals surface area contributed by atoms with Crippen LogP contribution in [0.15, 0.2) is 30.3 Å². The Labute approximate surface area is 127 Å². The van der Waals surface area contributed by atoms with E-state index in [1.165, 1.54) is 0 Å². The van der Waals surface area contributed by atoms with Crippen LogP contribution in [0.2, 0.25) is 0 Å². The smallest absolute Gasteiger partial charge is 0.245 e. The van der Waals surface area contributed by atoms with E-state index in [1.807, 2.05) is 35.2 Å². The molecule has 1 aliphatic heterocycles. The van der Waals surface area contributed by atoms with E-state index >= 15 is 0 Å². The van der Waals surface area contributed by atoms with Crippen molar-refractivity contribution in [3.63, 3.8) is 0 Å². The molecule has 1 saturated heterocycles. The summed E-state index contributed by atoms with van der Waals surface area (Å²) >= 11 is 0. The largest absolute Gasteiger partial charge is 0.385 e. The van der Waals surface area contributed by atoms with Gasteiger partial charge in [-0.25, -0.2) is 0 Å². The molecule has 4 heteroatoms. The van der Waals surface area contributed by atoms with Crippen LogP contribution in [0.5, 0.6) is 0 Å². The highest BCUT2D eigenvalue weighted by Gasteiger charge is 2.38. The number of nitrogens with one attached hydrogen (secondary N) is 1. The molecular weight excluding hydrogens is 264 g/mol. The van der Waals surface area contributed by atoms with Gasteiger partial charge in [-0.1, -0.05) is 43.7 Å². The van der Waals surface area contributed by atoms with Gasteiger partial charge in [-0.05, 0) is 24.8 Å². The summed E-state index contributed by atoms with van der Waals surface area (Å²) in [5.41, 5.74) is 1.06. The number of rotatable bonds is 8. The van der Waals surface area contributed by atoms with Crippen LogP contribution < -0.4 is 5.32 Å². The number of methoxy groups -OCH3 is 1. The third kappa shape index (κ3) is 4.05. The topological polar surface area (TPSA) is 41.6 Å². The summed E-state index contributed by atoms with van der Waals surface area (Å²) in [5, 5.41) is 3.49. The van der Waals surface area contributed by atoms with Gasteiger partial charge in [0.25, 0.3) is 0 Å². The molecule has 2 atom stereocenters. The highest BCUT2D eigenvalue weighted by molar-refractivity contribution is 5.85. The van der Waals surface area contributed by atoms with Crippen LogP contribution in [-0.2, 0) is 9.53 Å². The first-order valence-electron chi connectivity index (χ1n) is 7.88. The van der Waals surface area contributed by atoms with Crippen LogP contribution in [-0.4, -0.2) is 37.2 Å². The number of hydrogen-bond donors (Lipinski definition) is 1. The number of unbranched alkanes of at least 4 members (excludes halogenated alkanes) is 1. The first-order chi connectivity index (χ1) is 10.3. The number of carbonyl (C=O) groups excluding carboxylic acids is 1. The van der Waals surface area contributed by atoms with Crippen molar-refractivity contribution in [2.45, 2.75) is 44.8 Å². The van der Waals surface area contributed by atoms with Gasteiger partial charge >= 0.3 is 0 Å². The highest BCUT2D eigenvalue weighted by Crippen LogP contribution is 2.26. The molecule has 116 valence electrons. The number of hydrogen-bond acceptors (Lipinski definition) is 3. The Morgan fingerprint density at radius 1 is 1.24 bits per heavy atom. The lowest BCUT2D eigenvalue weighted by Crippen LogP contribution is -2.37. The molecule has 1 aromatic carbocycles. The van der Waals surface area contributed by atoms with E-state index in [4.69, 9.17) is 4.74 Å². The second-order valence-electron chi connectivity index (χ2n) is 5.55. The minimum absolute atomic E-state index is 0.162. The van der Waals surface area contributed by atoms with E-state index in [2.05, 4.69) is 12.2 Å². The van der Waals surface area contributed by atoms with E-state index in [0.717, 1.165) is 44.4 Å². The normalized spacial score (nSPS) is 22.0. The summed E-state index contributed by atoms with van der Waals surface area (Å²) in [6.07, 6.45) is 4.22. The van der Waals surface area contributed by atoms with Gasteiger partial charge in [0, 0.05) is 20.3 Å². The van der Waals surface area contributed by atoms with Crippen molar-refractivity contribution in [2.24, 2.45) is 0 Å². The van der Waals surface area contributed by atoms with E-state index in [1.54, 1.807) is 7.11 Å². The quantitative estimate of drug-likeness (QED) is 0.749. The predicted molar refractivity (Wildman–Crippen MR) is 83.8 cm³/mol. The molecule has 4 nitrogen and oxygen atoms in total. The van der Waals surface area contributed by atoms with E-state index in [9.17, 15) is 4.79 Å². The van der Waals surface area contributed by atoms with Gasteiger partial charge in [0.05, 0.1) is 6.17 Å². The fraction of sp³-hybridized carbons (Fsp3) is 0.588. The Morgan fingerprint density at radius 3 is 2.67 bits per heavy atom. The average Bonchev–Trinajstić information content (AvgIpc) is 2.82. The zero-order chi connectivity index (χ0) is 15.1. The molecule has 1 heterocycles. The zero-order valence-electron chi connectivity index (χ0n) is 13.0. The first kappa shape index (κ1) is 16.0. The SMILES string of the molecule is CCCC1NC(c2ccccc2)C(=O)N1CCCCOC. The summed E-state index contributed by atoms with van der Waals surface area (Å²) in [4.78, 5) is 14.7. The van der Waals surface area contributed by atoms with Crippen LogP contribution in [0.1, 0.15) is 44.2 Å². The predicted octanol–water partition coefficient (Wildman–Crippen LogP) is 2.71. The molecule has 1 N–H and O–H groups in total. The van der Waals surface area contributed by atoms with Gasteiger partial charge in [0.1, 0.15) is 6.04 Å². The summed E-state index contributed by atoms with van der Waals surface area (Å²) in [6.45, 7) is 3.73. The lowest BCUT2D eigenvalue weighted by atomic mass is 10.1. The Bertz CT molecular complexity index is 436. The van der Waals surface area contributed by atoms with Crippen molar-refractivity contribution in [3.8, 4) is 0 Å². The fourth-order valence-corrected chi connectivity index (χ4v) is 2.86. The number of ether oxygens (including phenoxy) is 1. The highest BCUT2D eigenvalue weighted by atomic mass is 16.5.